The number of aliphatic hydroxyl groups excluding tert-OH is 1. The lowest BCUT2D eigenvalue weighted by molar-refractivity contribution is -0.384. The molecule has 1 amide bonds. The standard InChI is InChI=1S/C18H25N3O4/c22-12-13-6-7-17(21(24)25)16(10-13)19-15-8-9-20(11-15)18(23)14-4-2-1-3-5-14/h6-7,10,14-15,19,22H,1-5,8-9,11-12H2. The molecule has 0 bridgehead atoms. The molecule has 25 heavy (non-hydrogen) atoms. The molecule has 1 aromatic rings. The summed E-state index contributed by atoms with van der Waals surface area (Å²) in [5, 5.41) is 23.7. The zero-order valence-electron chi connectivity index (χ0n) is 14.3. The van der Waals surface area contributed by atoms with E-state index < -0.39 is 4.92 Å². The first-order chi connectivity index (χ1) is 12.1. The fourth-order valence-electron chi connectivity index (χ4n) is 3.86. The van der Waals surface area contributed by atoms with Gasteiger partial charge in [-0.2, -0.15) is 0 Å². The summed E-state index contributed by atoms with van der Waals surface area (Å²) in [7, 11) is 0. The Morgan fingerprint density at radius 1 is 1.28 bits per heavy atom. The van der Waals surface area contributed by atoms with Crippen LogP contribution in [0.2, 0.25) is 0 Å². The summed E-state index contributed by atoms with van der Waals surface area (Å²) in [6.45, 7) is 1.11. The first-order valence-corrected chi connectivity index (χ1v) is 9.02. The Hall–Kier alpha value is -2.15. The average molecular weight is 347 g/mol. The van der Waals surface area contributed by atoms with Gasteiger partial charge in [-0.25, -0.2) is 0 Å². The Morgan fingerprint density at radius 3 is 2.72 bits per heavy atom. The minimum absolute atomic E-state index is 0.000170. The number of benzene rings is 1. The zero-order chi connectivity index (χ0) is 17.8. The van der Waals surface area contributed by atoms with Crippen molar-refractivity contribution >= 4 is 17.3 Å². The summed E-state index contributed by atoms with van der Waals surface area (Å²) in [5.41, 5.74) is 1.03. The Morgan fingerprint density at radius 2 is 2.04 bits per heavy atom. The summed E-state index contributed by atoms with van der Waals surface area (Å²) in [4.78, 5) is 25.3. The fraction of sp³-hybridized carbons (Fsp3) is 0.611. The van der Waals surface area contributed by atoms with Gasteiger partial charge in [-0.3, -0.25) is 14.9 Å². The van der Waals surface area contributed by atoms with E-state index in [1.165, 1.54) is 12.5 Å². The van der Waals surface area contributed by atoms with Gasteiger partial charge < -0.3 is 15.3 Å². The normalized spacial score (nSPS) is 21.3. The predicted molar refractivity (Wildman–Crippen MR) is 94.2 cm³/mol. The van der Waals surface area contributed by atoms with E-state index in [-0.39, 0.29) is 30.2 Å². The second-order valence-corrected chi connectivity index (χ2v) is 7.02. The molecule has 3 rings (SSSR count). The second kappa shape index (κ2) is 7.82. The van der Waals surface area contributed by atoms with Gasteiger partial charge in [-0.15, -0.1) is 0 Å². The number of hydrogen-bond acceptors (Lipinski definition) is 5. The zero-order valence-corrected chi connectivity index (χ0v) is 14.3. The number of hydrogen-bond donors (Lipinski definition) is 2. The van der Waals surface area contributed by atoms with E-state index in [0.29, 0.717) is 24.3 Å². The number of carbonyl (C=O) groups is 1. The highest BCUT2D eigenvalue weighted by Gasteiger charge is 2.32. The fourth-order valence-corrected chi connectivity index (χ4v) is 3.86. The van der Waals surface area contributed by atoms with Crippen LogP contribution in [-0.4, -0.2) is 40.0 Å². The third-order valence-electron chi connectivity index (χ3n) is 5.25. The van der Waals surface area contributed by atoms with Crippen molar-refractivity contribution in [3.8, 4) is 0 Å². The number of nitrogens with one attached hydrogen (secondary N) is 1. The number of rotatable bonds is 5. The van der Waals surface area contributed by atoms with Crippen molar-refractivity contribution in [2.24, 2.45) is 5.92 Å². The van der Waals surface area contributed by atoms with E-state index >= 15 is 0 Å². The molecule has 7 nitrogen and oxygen atoms in total. The van der Waals surface area contributed by atoms with Crippen molar-refractivity contribution < 1.29 is 14.8 Å². The van der Waals surface area contributed by atoms with Crippen LogP contribution < -0.4 is 5.32 Å². The van der Waals surface area contributed by atoms with Crippen LogP contribution in [0.15, 0.2) is 18.2 Å². The lowest BCUT2D eigenvalue weighted by Gasteiger charge is -2.26. The summed E-state index contributed by atoms with van der Waals surface area (Å²) < 4.78 is 0. The molecule has 7 heteroatoms. The van der Waals surface area contributed by atoms with Gasteiger partial charge in [-0.1, -0.05) is 19.3 Å². The minimum atomic E-state index is -0.427. The molecule has 1 aromatic carbocycles. The number of aliphatic hydroxyl groups is 1. The summed E-state index contributed by atoms with van der Waals surface area (Å²) in [6, 6.07) is 4.58. The molecule has 1 heterocycles. The maximum absolute atomic E-state index is 12.6. The summed E-state index contributed by atoms with van der Waals surface area (Å²) in [5.74, 6) is 0.391. The Bertz CT molecular complexity index is 643. The first kappa shape index (κ1) is 17.7. The van der Waals surface area contributed by atoms with Gasteiger partial charge in [0, 0.05) is 31.1 Å². The highest BCUT2D eigenvalue weighted by Crippen LogP contribution is 2.30. The monoisotopic (exact) mass is 347 g/mol. The predicted octanol–water partition coefficient (Wildman–Crippen LogP) is 2.68. The summed E-state index contributed by atoms with van der Waals surface area (Å²) >= 11 is 0. The van der Waals surface area contributed by atoms with Gasteiger partial charge >= 0.3 is 0 Å². The molecule has 136 valence electrons. The van der Waals surface area contributed by atoms with E-state index in [9.17, 15) is 20.0 Å². The van der Waals surface area contributed by atoms with E-state index in [2.05, 4.69) is 5.32 Å². The number of carbonyl (C=O) groups excluding carboxylic acids is 1. The van der Waals surface area contributed by atoms with Crippen molar-refractivity contribution in [2.45, 2.75) is 51.2 Å². The molecule has 2 N–H and O–H groups in total. The average Bonchev–Trinajstić information content (AvgIpc) is 3.10. The SMILES string of the molecule is O=C(C1CCCCC1)N1CCC(Nc2cc(CO)ccc2[N+](=O)[O-])C1. The lowest BCUT2D eigenvalue weighted by Crippen LogP contribution is -2.36. The van der Waals surface area contributed by atoms with Crippen LogP contribution in [0.1, 0.15) is 44.1 Å². The molecular formula is C18H25N3O4. The molecule has 0 aromatic heterocycles. The van der Waals surface area contributed by atoms with Crippen molar-refractivity contribution in [1.82, 2.24) is 4.90 Å². The van der Waals surface area contributed by atoms with Crippen molar-refractivity contribution in [3.05, 3.63) is 33.9 Å². The molecule has 1 aliphatic carbocycles. The van der Waals surface area contributed by atoms with Gasteiger partial charge in [0.05, 0.1) is 11.5 Å². The van der Waals surface area contributed by atoms with Crippen molar-refractivity contribution in [2.75, 3.05) is 18.4 Å². The molecule has 1 unspecified atom stereocenters. The number of likely N-dealkylation sites (tertiary alicyclic amines) is 1. The van der Waals surface area contributed by atoms with Crippen LogP contribution in [0.4, 0.5) is 11.4 Å². The highest BCUT2D eigenvalue weighted by molar-refractivity contribution is 5.79. The molecule has 1 saturated carbocycles. The van der Waals surface area contributed by atoms with E-state index in [0.717, 1.165) is 32.1 Å². The molecule has 1 atom stereocenters. The smallest absolute Gasteiger partial charge is 0.292 e. The van der Waals surface area contributed by atoms with Crippen LogP contribution >= 0.6 is 0 Å². The third kappa shape index (κ3) is 4.10. The van der Waals surface area contributed by atoms with Crippen LogP contribution in [0, 0.1) is 16.0 Å². The largest absolute Gasteiger partial charge is 0.392 e. The van der Waals surface area contributed by atoms with Crippen LogP contribution in [0.3, 0.4) is 0 Å². The lowest BCUT2D eigenvalue weighted by atomic mass is 9.88. The number of anilines is 1. The molecule has 1 saturated heterocycles. The molecule has 2 fully saturated rings. The Balaban J connectivity index is 1.65. The van der Waals surface area contributed by atoms with Gasteiger partial charge in [0.15, 0.2) is 0 Å². The summed E-state index contributed by atoms with van der Waals surface area (Å²) in [6.07, 6.45) is 6.23. The maximum Gasteiger partial charge on any atom is 0.292 e. The van der Waals surface area contributed by atoms with Crippen LogP contribution in [0.25, 0.3) is 0 Å². The second-order valence-electron chi connectivity index (χ2n) is 7.02. The molecule has 0 spiro atoms. The topological polar surface area (TPSA) is 95.7 Å². The minimum Gasteiger partial charge on any atom is -0.392 e. The number of amides is 1. The highest BCUT2D eigenvalue weighted by atomic mass is 16.6. The van der Waals surface area contributed by atoms with Gasteiger partial charge in [0.25, 0.3) is 5.69 Å². The third-order valence-corrected chi connectivity index (χ3v) is 5.25. The Labute approximate surface area is 147 Å². The van der Waals surface area contributed by atoms with Gasteiger partial charge in [0.1, 0.15) is 5.69 Å². The van der Waals surface area contributed by atoms with Gasteiger partial charge in [0.2, 0.25) is 5.91 Å². The quantitative estimate of drug-likeness (QED) is 0.631. The van der Waals surface area contributed by atoms with Gasteiger partial charge in [-0.05, 0) is 37.0 Å². The Kier molecular flexibility index (Phi) is 5.53. The molecule has 1 aliphatic heterocycles. The van der Waals surface area contributed by atoms with Crippen LogP contribution in [0.5, 0.6) is 0 Å². The van der Waals surface area contributed by atoms with Crippen molar-refractivity contribution in [1.29, 1.82) is 0 Å². The number of nitro groups is 1. The molecule has 2 aliphatic rings. The number of nitrogens with zero attached hydrogens (tertiary/aromatic N) is 2. The molecular weight excluding hydrogens is 322 g/mol. The van der Waals surface area contributed by atoms with Crippen LogP contribution in [-0.2, 0) is 11.4 Å². The first-order valence-electron chi connectivity index (χ1n) is 9.02. The van der Waals surface area contributed by atoms with Crippen molar-refractivity contribution in [3.63, 3.8) is 0 Å². The van der Waals surface area contributed by atoms with E-state index in [1.807, 2.05) is 4.90 Å². The van der Waals surface area contributed by atoms with E-state index in [1.54, 1.807) is 12.1 Å². The molecule has 0 radical (unpaired) electrons. The maximum atomic E-state index is 12.6. The number of nitro benzene ring substituents is 1. The van der Waals surface area contributed by atoms with E-state index in [4.69, 9.17) is 0 Å².